The molecule has 0 aliphatic rings. The zero-order chi connectivity index (χ0) is 10.3. The van der Waals surface area contributed by atoms with Crippen LogP contribution in [0.15, 0.2) is 0 Å². The van der Waals surface area contributed by atoms with E-state index in [1.54, 1.807) is 0 Å². The minimum atomic E-state index is -2.83. The number of rotatable bonds is 7. The normalized spacial score (nSPS) is 14.4. The molecular weight excluding hydrogens is 186 g/mol. The van der Waals surface area contributed by atoms with Gasteiger partial charge < -0.3 is 5.32 Å². The molecule has 0 heterocycles. The van der Waals surface area contributed by atoms with E-state index in [2.05, 4.69) is 12.2 Å². The summed E-state index contributed by atoms with van der Waals surface area (Å²) in [4.78, 5) is 0. The van der Waals surface area contributed by atoms with Gasteiger partial charge in [-0.15, -0.1) is 0 Å². The highest BCUT2D eigenvalue weighted by molar-refractivity contribution is 7.90. The molecule has 0 amide bonds. The zero-order valence-corrected chi connectivity index (χ0v) is 9.65. The molecule has 1 N–H and O–H groups in total. The Balaban J connectivity index is 3.47. The first-order chi connectivity index (χ1) is 5.95. The Morgan fingerprint density at radius 2 is 1.92 bits per heavy atom. The van der Waals surface area contributed by atoms with Crippen LogP contribution in [0.4, 0.5) is 0 Å². The van der Waals surface area contributed by atoms with Gasteiger partial charge in [0.15, 0.2) is 0 Å². The van der Waals surface area contributed by atoms with Crippen molar-refractivity contribution < 1.29 is 8.42 Å². The van der Waals surface area contributed by atoms with Crippen LogP contribution in [0.2, 0.25) is 0 Å². The molecule has 0 aliphatic carbocycles. The van der Waals surface area contributed by atoms with Crippen molar-refractivity contribution in [3.05, 3.63) is 0 Å². The third-order valence-corrected chi connectivity index (χ3v) is 2.93. The highest BCUT2D eigenvalue weighted by Crippen LogP contribution is 1.94. The second-order valence-corrected chi connectivity index (χ2v) is 5.84. The average molecular weight is 207 g/mol. The molecule has 0 saturated carbocycles. The van der Waals surface area contributed by atoms with Crippen LogP contribution >= 0.6 is 0 Å². The summed E-state index contributed by atoms with van der Waals surface area (Å²) in [7, 11) is -2.83. The summed E-state index contributed by atoms with van der Waals surface area (Å²) in [6.45, 7) is 4.98. The van der Waals surface area contributed by atoms with Gasteiger partial charge in [0, 0.05) is 12.3 Å². The Bertz CT molecular complexity index is 212. The van der Waals surface area contributed by atoms with Crippen molar-refractivity contribution in [3.63, 3.8) is 0 Å². The summed E-state index contributed by atoms with van der Waals surface area (Å²) in [5.41, 5.74) is 0. The first kappa shape index (κ1) is 12.9. The van der Waals surface area contributed by atoms with Crippen LogP contribution in [0, 0.1) is 0 Å². The van der Waals surface area contributed by atoms with E-state index in [0.717, 1.165) is 13.0 Å². The average Bonchev–Trinajstić information content (AvgIpc) is 1.94. The molecule has 0 spiro atoms. The van der Waals surface area contributed by atoms with Crippen LogP contribution in [0.25, 0.3) is 0 Å². The molecule has 0 aromatic rings. The molecule has 0 rings (SSSR count). The second kappa shape index (κ2) is 6.38. The van der Waals surface area contributed by atoms with Gasteiger partial charge in [-0.1, -0.05) is 19.8 Å². The highest BCUT2D eigenvalue weighted by atomic mass is 32.2. The molecule has 0 fully saturated rings. The third kappa shape index (κ3) is 9.83. The number of hydrogen-bond acceptors (Lipinski definition) is 3. The summed E-state index contributed by atoms with van der Waals surface area (Å²) < 4.78 is 21.8. The van der Waals surface area contributed by atoms with Gasteiger partial charge in [-0.25, -0.2) is 8.42 Å². The number of nitrogens with one attached hydrogen (secondary N) is 1. The first-order valence-corrected chi connectivity index (χ1v) is 6.93. The fourth-order valence-corrected chi connectivity index (χ4v) is 2.26. The van der Waals surface area contributed by atoms with Crippen molar-refractivity contribution in [1.82, 2.24) is 5.32 Å². The van der Waals surface area contributed by atoms with Gasteiger partial charge in [0.1, 0.15) is 9.84 Å². The van der Waals surface area contributed by atoms with Gasteiger partial charge in [0.05, 0.1) is 5.75 Å². The van der Waals surface area contributed by atoms with Gasteiger partial charge in [-0.05, 0) is 19.9 Å². The van der Waals surface area contributed by atoms with Crippen molar-refractivity contribution in [1.29, 1.82) is 0 Å². The molecule has 0 aliphatic heterocycles. The Labute approximate surface area is 81.8 Å². The van der Waals surface area contributed by atoms with Crippen LogP contribution in [0.1, 0.15) is 33.1 Å². The quantitative estimate of drug-likeness (QED) is 0.638. The van der Waals surface area contributed by atoms with E-state index in [1.165, 1.54) is 19.1 Å². The third-order valence-electron chi connectivity index (χ3n) is 1.83. The number of unbranched alkanes of at least 4 members (excludes halogenated alkanes) is 2. The lowest BCUT2D eigenvalue weighted by molar-refractivity contribution is 0.541. The predicted molar refractivity (Wildman–Crippen MR) is 56.7 cm³/mol. The fourth-order valence-electron chi connectivity index (χ4n) is 1.24. The summed E-state index contributed by atoms with van der Waals surface area (Å²) in [6.07, 6.45) is 4.81. The molecule has 0 aromatic carbocycles. The summed E-state index contributed by atoms with van der Waals surface area (Å²) >= 11 is 0. The Hall–Kier alpha value is -0.0900. The van der Waals surface area contributed by atoms with E-state index in [4.69, 9.17) is 0 Å². The molecule has 0 saturated heterocycles. The van der Waals surface area contributed by atoms with Gasteiger partial charge in [0.2, 0.25) is 0 Å². The van der Waals surface area contributed by atoms with Gasteiger partial charge >= 0.3 is 0 Å². The Morgan fingerprint density at radius 3 is 2.38 bits per heavy atom. The van der Waals surface area contributed by atoms with Gasteiger partial charge in [0.25, 0.3) is 0 Å². The van der Waals surface area contributed by atoms with Crippen LogP contribution in [0.3, 0.4) is 0 Å². The molecule has 80 valence electrons. The summed E-state index contributed by atoms with van der Waals surface area (Å²) in [5.74, 6) is 0.235. The zero-order valence-electron chi connectivity index (χ0n) is 8.84. The lowest BCUT2D eigenvalue weighted by atomic mass is 10.2. The molecule has 1 unspecified atom stereocenters. The predicted octanol–water partition coefficient (Wildman–Crippen LogP) is 1.20. The molecule has 1 atom stereocenters. The topological polar surface area (TPSA) is 46.2 Å². The number of sulfone groups is 1. The van der Waals surface area contributed by atoms with E-state index in [1.807, 2.05) is 6.92 Å². The minimum Gasteiger partial charge on any atom is -0.313 e. The van der Waals surface area contributed by atoms with E-state index >= 15 is 0 Å². The maximum Gasteiger partial charge on any atom is 0.148 e. The highest BCUT2D eigenvalue weighted by Gasteiger charge is 2.08. The molecular formula is C9H21NO2S. The standard InChI is InChI=1S/C9H21NO2S/c1-4-5-6-7-10-9(2)8-13(3,11)12/h9-10H,4-8H2,1-3H3. The smallest absolute Gasteiger partial charge is 0.148 e. The van der Waals surface area contributed by atoms with Crippen LogP contribution < -0.4 is 5.32 Å². The van der Waals surface area contributed by atoms with Gasteiger partial charge in [-0.2, -0.15) is 0 Å². The second-order valence-electron chi connectivity index (χ2n) is 3.65. The van der Waals surface area contributed by atoms with E-state index in [9.17, 15) is 8.42 Å². The monoisotopic (exact) mass is 207 g/mol. The minimum absolute atomic E-state index is 0.0758. The maximum atomic E-state index is 10.9. The molecule has 0 radical (unpaired) electrons. The van der Waals surface area contributed by atoms with E-state index < -0.39 is 9.84 Å². The van der Waals surface area contributed by atoms with Crippen molar-refractivity contribution in [2.45, 2.75) is 39.2 Å². The Morgan fingerprint density at radius 1 is 1.31 bits per heavy atom. The molecule has 0 bridgehead atoms. The molecule has 13 heavy (non-hydrogen) atoms. The first-order valence-electron chi connectivity index (χ1n) is 4.87. The van der Waals surface area contributed by atoms with Crippen molar-refractivity contribution in [2.24, 2.45) is 0 Å². The van der Waals surface area contributed by atoms with Crippen LogP contribution in [-0.4, -0.2) is 33.0 Å². The van der Waals surface area contributed by atoms with E-state index in [0.29, 0.717) is 0 Å². The maximum absolute atomic E-state index is 10.9. The van der Waals surface area contributed by atoms with Crippen molar-refractivity contribution in [2.75, 3.05) is 18.6 Å². The summed E-state index contributed by atoms with van der Waals surface area (Å²) in [6, 6.07) is 0.0758. The van der Waals surface area contributed by atoms with Crippen LogP contribution in [0.5, 0.6) is 0 Å². The Kier molecular flexibility index (Phi) is 6.33. The largest absolute Gasteiger partial charge is 0.313 e. The fraction of sp³-hybridized carbons (Fsp3) is 1.00. The lowest BCUT2D eigenvalue weighted by Crippen LogP contribution is -2.33. The van der Waals surface area contributed by atoms with E-state index in [-0.39, 0.29) is 11.8 Å². The molecule has 3 nitrogen and oxygen atoms in total. The van der Waals surface area contributed by atoms with Crippen molar-refractivity contribution >= 4 is 9.84 Å². The van der Waals surface area contributed by atoms with Crippen LogP contribution in [-0.2, 0) is 9.84 Å². The van der Waals surface area contributed by atoms with Crippen molar-refractivity contribution in [3.8, 4) is 0 Å². The lowest BCUT2D eigenvalue weighted by Gasteiger charge is -2.11. The SMILES string of the molecule is CCCCCNC(C)CS(C)(=O)=O. The number of hydrogen-bond donors (Lipinski definition) is 1. The molecule has 0 aromatic heterocycles. The summed E-state index contributed by atoms with van der Waals surface area (Å²) in [5, 5.41) is 3.19. The van der Waals surface area contributed by atoms with Gasteiger partial charge in [-0.3, -0.25) is 0 Å². The molecule has 4 heteroatoms.